The van der Waals surface area contributed by atoms with Crippen LogP contribution in [-0.4, -0.2) is 26.5 Å². The van der Waals surface area contributed by atoms with Crippen molar-refractivity contribution >= 4 is 16.6 Å². The molecule has 4 heteroatoms. The van der Waals surface area contributed by atoms with Crippen molar-refractivity contribution in [3.63, 3.8) is 0 Å². The van der Waals surface area contributed by atoms with Crippen molar-refractivity contribution in [3.05, 3.63) is 53.6 Å². The van der Waals surface area contributed by atoms with Gasteiger partial charge in [0.1, 0.15) is 0 Å². The summed E-state index contributed by atoms with van der Waals surface area (Å²) in [6, 6.07) is 7.56. The van der Waals surface area contributed by atoms with Crippen molar-refractivity contribution in [2.75, 3.05) is 5.75 Å². The lowest BCUT2D eigenvalue weighted by Crippen LogP contribution is -2.58. The van der Waals surface area contributed by atoms with E-state index in [1.54, 1.807) is 13.0 Å². The normalized spacial score (nSPS) is 35.9. The van der Waals surface area contributed by atoms with Crippen LogP contribution in [0.25, 0.3) is 0 Å². The average molecular weight is 359 g/mol. The van der Waals surface area contributed by atoms with Crippen LogP contribution in [0.2, 0.25) is 0 Å². The number of aryl methyl sites for hydroxylation is 1. The van der Waals surface area contributed by atoms with E-state index in [0.29, 0.717) is 16.9 Å². The van der Waals surface area contributed by atoms with Gasteiger partial charge in [-0.1, -0.05) is 43.7 Å². The molecule has 1 N–H and O–H groups in total. The zero-order valence-electron chi connectivity index (χ0n) is 15.3. The van der Waals surface area contributed by atoms with Crippen molar-refractivity contribution in [2.24, 2.45) is 17.3 Å². The minimum Gasteiger partial charge on any atom is -0.384 e. The van der Waals surface area contributed by atoms with Gasteiger partial charge in [0.2, 0.25) is 0 Å². The second-order valence-electron chi connectivity index (χ2n) is 7.74. The maximum absolute atomic E-state index is 12.9. The number of carbonyl (C=O) groups excluding carboxylic acids is 1. The molecule has 0 heterocycles. The van der Waals surface area contributed by atoms with Crippen LogP contribution in [0, 0.1) is 24.2 Å². The Balaban J connectivity index is 1.98. The number of allylic oxidation sites excluding steroid dienone is 3. The van der Waals surface area contributed by atoms with Crippen molar-refractivity contribution in [2.45, 2.75) is 44.6 Å². The highest BCUT2D eigenvalue weighted by Gasteiger charge is 2.57. The van der Waals surface area contributed by atoms with Gasteiger partial charge in [-0.2, -0.15) is 0 Å². The maximum Gasteiger partial charge on any atom is 0.165 e. The lowest BCUT2D eigenvalue weighted by atomic mass is 9.53. The van der Waals surface area contributed by atoms with Gasteiger partial charge in [-0.15, -0.1) is 0 Å². The molecule has 0 aliphatic heterocycles. The third kappa shape index (κ3) is 2.96. The van der Waals surface area contributed by atoms with Crippen LogP contribution in [0.4, 0.5) is 0 Å². The van der Waals surface area contributed by atoms with Gasteiger partial charge in [-0.05, 0) is 50.0 Å². The molecule has 0 unspecified atom stereocenters. The number of carbonyl (C=O) groups is 1. The molecule has 1 aromatic rings. The summed E-state index contributed by atoms with van der Waals surface area (Å²) in [5, 5.41) is 11.5. The molecule has 0 radical (unpaired) electrons. The Labute approximate surface area is 152 Å². The first-order valence-electron chi connectivity index (χ1n) is 8.77. The van der Waals surface area contributed by atoms with Gasteiger partial charge in [-0.25, -0.2) is 0 Å². The Hall–Kier alpha value is -1.52. The Morgan fingerprint density at radius 1 is 1.24 bits per heavy atom. The lowest BCUT2D eigenvalue weighted by Gasteiger charge is -2.51. The highest BCUT2D eigenvalue weighted by Crippen LogP contribution is 2.52. The summed E-state index contributed by atoms with van der Waals surface area (Å²) in [4.78, 5) is 13.6. The number of aliphatic hydroxyl groups is 1. The molecule has 0 amide bonds. The van der Waals surface area contributed by atoms with E-state index in [1.165, 1.54) is 0 Å². The van der Waals surface area contributed by atoms with Crippen molar-refractivity contribution in [1.29, 1.82) is 0 Å². The van der Waals surface area contributed by atoms with Crippen molar-refractivity contribution in [3.8, 4) is 0 Å². The van der Waals surface area contributed by atoms with E-state index >= 15 is 0 Å². The van der Waals surface area contributed by atoms with Crippen LogP contribution in [0.5, 0.6) is 0 Å². The molecule has 2 aliphatic rings. The minimum atomic E-state index is -1.33. The Kier molecular flexibility index (Phi) is 4.63. The van der Waals surface area contributed by atoms with Gasteiger partial charge in [0.15, 0.2) is 5.78 Å². The van der Waals surface area contributed by atoms with Gasteiger partial charge >= 0.3 is 0 Å². The number of hydrogen-bond donors (Lipinski definition) is 1. The van der Waals surface area contributed by atoms with Crippen LogP contribution in [0.1, 0.15) is 32.8 Å². The molecule has 134 valence electrons. The minimum absolute atomic E-state index is 0.0433. The third-order valence-corrected chi connectivity index (χ3v) is 7.55. The molecule has 0 spiro atoms. The fourth-order valence-electron chi connectivity index (χ4n) is 4.36. The zero-order chi connectivity index (χ0) is 18.4. The fraction of sp³-hybridized carbons (Fsp3) is 0.476. The molecule has 2 aliphatic carbocycles. The van der Waals surface area contributed by atoms with Crippen LogP contribution >= 0.6 is 0 Å². The smallest absolute Gasteiger partial charge is 0.165 e. The van der Waals surface area contributed by atoms with Crippen LogP contribution in [-0.2, 0) is 15.6 Å². The largest absolute Gasteiger partial charge is 0.384 e. The SMILES string of the molecule is CC1=C[C@](O)(C[S@@](=O)c2ccc(C)cc2)[C@H]2CC=C[C@@H](C)[C@@]2(C)C1=O. The van der Waals surface area contributed by atoms with Gasteiger partial charge in [0.25, 0.3) is 0 Å². The highest BCUT2D eigenvalue weighted by molar-refractivity contribution is 7.85. The summed E-state index contributed by atoms with van der Waals surface area (Å²) in [6.07, 6.45) is 6.38. The van der Waals surface area contributed by atoms with Crippen LogP contribution < -0.4 is 0 Å². The molecular formula is C21H26O3S. The predicted molar refractivity (Wildman–Crippen MR) is 101 cm³/mol. The average Bonchev–Trinajstić information content (AvgIpc) is 2.55. The molecule has 25 heavy (non-hydrogen) atoms. The van der Waals surface area contributed by atoms with E-state index in [4.69, 9.17) is 0 Å². The molecule has 3 nitrogen and oxygen atoms in total. The quantitative estimate of drug-likeness (QED) is 0.840. The lowest BCUT2D eigenvalue weighted by molar-refractivity contribution is -0.139. The van der Waals surface area contributed by atoms with Crippen molar-refractivity contribution < 1.29 is 14.1 Å². The maximum atomic E-state index is 12.9. The fourth-order valence-corrected chi connectivity index (χ4v) is 5.67. The number of hydrogen-bond acceptors (Lipinski definition) is 3. The summed E-state index contributed by atoms with van der Waals surface area (Å²) < 4.78 is 12.9. The molecule has 0 fully saturated rings. The molecule has 0 saturated carbocycles. The summed E-state index contributed by atoms with van der Waals surface area (Å²) in [7, 11) is -1.33. The number of Topliss-reactive ketones (excluding diaryl/α,β-unsaturated/α-hetero) is 1. The molecular weight excluding hydrogens is 332 g/mol. The summed E-state index contributed by atoms with van der Waals surface area (Å²) in [6.45, 7) is 7.72. The molecule has 0 aromatic heterocycles. The second-order valence-corrected chi connectivity index (χ2v) is 9.19. The molecule has 5 atom stereocenters. The van der Waals surface area contributed by atoms with E-state index in [1.807, 2.05) is 51.1 Å². The first-order chi connectivity index (χ1) is 11.7. The Bertz CT molecular complexity index is 777. The number of ketones is 1. The van der Waals surface area contributed by atoms with E-state index < -0.39 is 21.8 Å². The molecule has 0 saturated heterocycles. The Morgan fingerprint density at radius 3 is 2.52 bits per heavy atom. The van der Waals surface area contributed by atoms with E-state index in [0.717, 1.165) is 5.56 Å². The second kappa shape index (κ2) is 6.33. The topological polar surface area (TPSA) is 54.4 Å². The number of benzene rings is 1. The summed E-state index contributed by atoms with van der Waals surface area (Å²) >= 11 is 0. The van der Waals surface area contributed by atoms with E-state index in [9.17, 15) is 14.1 Å². The monoisotopic (exact) mass is 358 g/mol. The third-order valence-electron chi connectivity index (χ3n) is 6.03. The van der Waals surface area contributed by atoms with Crippen molar-refractivity contribution in [1.82, 2.24) is 0 Å². The van der Waals surface area contributed by atoms with Gasteiger partial charge in [0, 0.05) is 16.2 Å². The Morgan fingerprint density at radius 2 is 1.88 bits per heavy atom. The first kappa shape index (κ1) is 18.3. The predicted octanol–water partition coefficient (Wildman–Crippen LogP) is 3.58. The van der Waals surface area contributed by atoms with E-state index in [-0.39, 0.29) is 23.4 Å². The summed E-state index contributed by atoms with van der Waals surface area (Å²) in [5.74, 6) is -0.00548. The number of rotatable bonds is 3. The van der Waals surface area contributed by atoms with Gasteiger partial charge in [0.05, 0.1) is 22.2 Å². The first-order valence-corrected chi connectivity index (χ1v) is 10.1. The van der Waals surface area contributed by atoms with Gasteiger partial charge in [-0.3, -0.25) is 9.00 Å². The van der Waals surface area contributed by atoms with Gasteiger partial charge < -0.3 is 5.11 Å². The van der Waals surface area contributed by atoms with Crippen LogP contribution in [0.3, 0.4) is 0 Å². The standard InChI is InChI=1S/C21H26O3S/c1-14-8-10-17(11-9-14)25(24)13-21(23)12-15(2)19(22)20(4)16(3)6-5-7-18(20)21/h5-6,8-12,16,18,23H,7,13H2,1-4H3/t16-,18+,20-,21+,25-/m1/s1. The van der Waals surface area contributed by atoms with E-state index in [2.05, 4.69) is 6.08 Å². The number of fused-ring (bicyclic) bond motifs is 1. The zero-order valence-corrected chi connectivity index (χ0v) is 16.1. The molecule has 1 aromatic carbocycles. The van der Waals surface area contributed by atoms with Crippen LogP contribution in [0.15, 0.2) is 53.0 Å². The summed E-state index contributed by atoms with van der Waals surface area (Å²) in [5.41, 5.74) is -0.219. The highest BCUT2D eigenvalue weighted by atomic mass is 32.2. The molecule has 0 bridgehead atoms. The molecule has 3 rings (SSSR count).